The fourth-order valence-electron chi connectivity index (χ4n) is 3.15. The van der Waals surface area contributed by atoms with Crippen LogP contribution in [0.3, 0.4) is 0 Å². The first kappa shape index (κ1) is 22.2. The number of nitrogens with zero attached hydrogens (tertiary/aromatic N) is 3. The lowest BCUT2D eigenvalue weighted by Crippen LogP contribution is -2.66. The van der Waals surface area contributed by atoms with Crippen molar-refractivity contribution >= 4 is 40.0 Å². The van der Waals surface area contributed by atoms with Crippen LogP contribution in [0.15, 0.2) is 18.3 Å². The molecule has 0 saturated carbocycles. The molecule has 3 rings (SSSR count). The number of rotatable bonds is 6. The molecule has 0 radical (unpaired) electrons. The third kappa shape index (κ3) is 4.36. The highest BCUT2D eigenvalue weighted by Crippen LogP contribution is 2.17. The van der Waals surface area contributed by atoms with Crippen LogP contribution in [0, 0.1) is 0 Å². The number of nitrogens with one attached hydrogen (secondary N) is 3. The minimum Gasteiger partial charge on any atom is -0.363 e. The quantitative estimate of drug-likeness (QED) is 0.207. The molecule has 0 aromatic carbocycles. The maximum Gasteiger partial charge on any atom is 0.362 e. The van der Waals surface area contributed by atoms with E-state index in [1.807, 2.05) is 0 Å². The summed E-state index contributed by atoms with van der Waals surface area (Å²) in [7, 11) is -4.72. The van der Waals surface area contributed by atoms with E-state index >= 15 is 0 Å². The Kier molecular flexibility index (Phi) is 5.99. The molecule has 0 bridgehead atoms. The van der Waals surface area contributed by atoms with Gasteiger partial charge in [-0.2, -0.15) is 8.42 Å². The first-order chi connectivity index (χ1) is 14.5. The zero-order valence-electron chi connectivity index (χ0n) is 16.3. The summed E-state index contributed by atoms with van der Waals surface area (Å²) in [4.78, 5) is 66.1. The Bertz CT molecular complexity index is 1020. The Morgan fingerprint density at radius 1 is 1.26 bits per heavy atom. The number of likely N-dealkylation sites (N-methyl/N-ethyl adjacent to an activating group) is 1. The summed E-state index contributed by atoms with van der Waals surface area (Å²) in [5.41, 5.74) is 0.218. The van der Waals surface area contributed by atoms with Crippen molar-refractivity contribution in [3.8, 4) is 0 Å². The molecule has 168 valence electrons. The van der Waals surface area contributed by atoms with Gasteiger partial charge in [-0.3, -0.25) is 28.6 Å². The molecular weight excluding hydrogens is 436 g/mol. The van der Waals surface area contributed by atoms with Crippen molar-refractivity contribution in [2.75, 3.05) is 26.2 Å². The molecule has 0 aliphatic carbocycles. The fourth-order valence-corrected chi connectivity index (χ4v) is 3.84. The average molecular weight is 456 g/mol. The van der Waals surface area contributed by atoms with E-state index in [9.17, 15) is 32.4 Å². The fraction of sp³-hybridized carbons (Fsp3) is 0.438. The first-order valence-electron chi connectivity index (χ1n) is 9.18. The van der Waals surface area contributed by atoms with Crippen molar-refractivity contribution in [3.05, 3.63) is 24.0 Å². The largest absolute Gasteiger partial charge is 0.363 e. The summed E-state index contributed by atoms with van der Waals surface area (Å²) >= 11 is 0. The van der Waals surface area contributed by atoms with Crippen molar-refractivity contribution in [1.82, 2.24) is 29.7 Å². The second kappa shape index (κ2) is 8.35. The Morgan fingerprint density at radius 3 is 2.52 bits per heavy atom. The predicted octanol–water partition coefficient (Wildman–Crippen LogP) is -2.41. The maximum absolute atomic E-state index is 12.7. The van der Waals surface area contributed by atoms with E-state index in [0.717, 1.165) is 0 Å². The molecule has 2 saturated heterocycles. The van der Waals surface area contributed by atoms with E-state index in [0.29, 0.717) is 11.4 Å². The highest BCUT2D eigenvalue weighted by atomic mass is 32.2. The summed E-state index contributed by atoms with van der Waals surface area (Å²) in [6.45, 7) is 1.62. The molecule has 2 fully saturated rings. The predicted molar refractivity (Wildman–Crippen MR) is 101 cm³/mol. The van der Waals surface area contributed by atoms with Crippen molar-refractivity contribution in [1.29, 1.82) is 0 Å². The number of carbonyl (C=O) groups is 5. The molecule has 1 aromatic heterocycles. The Hall–Kier alpha value is -3.46. The lowest BCUT2D eigenvalue weighted by Gasteiger charge is -2.36. The van der Waals surface area contributed by atoms with Crippen LogP contribution in [-0.4, -0.2) is 93.9 Å². The Morgan fingerprint density at radius 2 is 1.97 bits per heavy atom. The van der Waals surface area contributed by atoms with Gasteiger partial charge in [-0.05, 0) is 19.1 Å². The van der Waals surface area contributed by atoms with Gasteiger partial charge in [0.25, 0.3) is 5.91 Å². The van der Waals surface area contributed by atoms with Gasteiger partial charge in [0, 0.05) is 31.5 Å². The number of aromatic nitrogens is 1. The second-order valence-electron chi connectivity index (χ2n) is 6.76. The van der Waals surface area contributed by atoms with Crippen molar-refractivity contribution in [3.63, 3.8) is 0 Å². The Balaban J connectivity index is 1.70. The van der Waals surface area contributed by atoms with E-state index < -0.39 is 58.6 Å². The van der Waals surface area contributed by atoms with E-state index in [2.05, 4.69) is 15.6 Å². The van der Waals surface area contributed by atoms with Crippen molar-refractivity contribution in [2.24, 2.45) is 0 Å². The SMILES string of the molecule is CCN1CCN(C(=O)NC(C(=O)NC2CN(S(=O)(=O)O)C2=O)c2ccc[nH]2)C(=O)C1=O. The van der Waals surface area contributed by atoms with Crippen LogP contribution >= 0.6 is 0 Å². The summed E-state index contributed by atoms with van der Waals surface area (Å²) < 4.78 is 31.1. The lowest BCUT2D eigenvalue weighted by molar-refractivity contribution is -0.153. The van der Waals surface area contributed by atoms with Crippen LogP contribution in [-0.2, 0) is 29.5 Å². The third-order valence-corrected chi connectivity index (χ3v) is 5.77. The summed E-state index contributed by atoms with van der Waals surface area (Å²) in [5.74, 6) is -3.77. The van der Waals surface area contributed by atoms with E-state index in [4.69, 9.17) is 4.55 Å². The first-order valence-corrected chi connectivity index (χ1v) is 10.6. The minimum absolute atomic E-state index is 0.0618. The van der Waals surface area contributed by atoms with Crippen LogP contribution in [0.4, 0.5) is 4.79 Å². The summed E-state index contributed by atoms with van der Waals surface area (Å²) in [5, 5.41) is 4.62. The van der Waals surface area contributed by atoms with E-state index in [-0.39, 0.29) is 23.1 Å². The topological polar surface area (TPSA) is 189 Å². The van der Waals surface area contributed by atoms with Gasteiger partial charge < -0.3 is 20.5 Å². The zero-order chi connectivity index (χ0) is 22.9. The number of H-pyrrole nitrogens is 1. The summed E-state index contributed by atoms with van der Waals surface area (Å²) in [6, 6.07) is -0.560. The van der Waals surface area contributed by atoms with Crippen molar-refractivity contribution < 1.29 is 36.9 Å². The molecule has 31 heavy (non-hydrogen) atoms. The number of imide groups is 1. The molecule has 15 heteroatoms. The molecule has 14 nitrogen and oxygen atoms in total. The summed E-state index contributed by atoms with van der Waals surface area (Å²) in [6.07, 6.45) is 1.48. The molecule has 2 aliphatic rings. The normalized spacial score (nSPS) is 20.4. The van der Waals surface area contributed by atoms with E-state index in [1.54, 1.807) is 13.0 Å². The lowest BCUT2D eigenvalue weighted by atomic mass is 10.1. The molecule has 2 atom stereocenters. The smallest absolute Gasteiger partial charge is 0.362 e. The second-order valence-corrected chi connectivity index (χ2v) is 8.09. The number of amides is 6. The molecular formula is C16H20N6O8S. The number of carbonyl (C=O) groups excluding carboxylic acids is 5. The number of urea groups is 1. The molecule has 2 aliphatic heterocycles. The maximum atomic E-state index is 12.7. The van der Waals surface area contributed by atoms with Crippen LogP contribution in [0.5, 0.6) is 0 Å². The van der Waals surface area contributed by atoms with Gasteiger partial charge >= 0.3 is 28.1 Å². The number of hydrogen-bond acceptors (Lipinski definition) is 7. The van der Waals surface area contributed by atoms with Gasteiger partial charge in [-0.15, -0.1) is 0 Å². The molecule has 0 spiro atoms. The average Bonchev–Trinajstić information content (AvgIpc) is 3.23. The highest BCUT2D eigenvalue weighted by molar-refractivity contribution is 7.84. The standard InChI is InChI=1S/C16H20N6O8S/c1-2-20-6-7-21(15(26)14(20)25)16(27)19-11(9-4-3-5-17-9)12(23)18-10-8-22(13(10)24)31(28,29)30/h3-5,10-11,17H,2,6-8H2,1H3,(H,18,23)(H,19,27)(H,28,29,30). The Labute approximate surface area is 176 Å². The molecule has 1 aromatic rings. The van der Waals surface area contributed by atoms with Crippen LogP contribution in [0.25, 0.3) is 0 Å². The highest BCUT2D eigenvalue weighted by Gasteiger charge is 2.45. The van der Waals surface area contributed by atoms with Gasteiger partial charge in [0.05, 0.1) is 6.54 Å². The number of piperazine rings is 1. The molecule has 6 amide bonds. The van der Waals surface area contributed by atoms with Crippen LogP contribution < -0.4 is 10.6 Å². The number of hydrogen-bond donors (Lipinski definition) is 4. The van der Waals surface area contributed by atoms with Gasteiger partial charge in [-0.25, -0.2) is 9.10 Å². The number of aromatic amines is 1. The minimum atomic E-state index is -4.72. The van der Waals surface area contributed by atoms with Gasteiger partial charge in [0.2, 0.25) is 5.91 Å². The molecule has 2 unspecified atom stereocenters. The number of β-lactam (4-membered cyclic amide) rings is 1. The van der Waals surface area contributed by atoms with Crippen LogP contribution in [0.1, 0.15) is 18.7 Å². The third-order valence-electron chi connectivity index (χ3n) is 4.89. The zero-order valence-corrected chi connectivity index (χ0v) is 17.1. The van der Waals surface area contributed by atoms with E-state index in [1.165, 1.54) is 17.2 Å². The van der Waals surface area contributed by atoms with Gasteiger partial charge in [0.15, 0.2) is 0 Å². The van der Waals surface area contributed by atoms with Crippen LogP contribution in [0.2, 0.25) is 0 Å². The molecule has 4 N–H and O–H groups in total. The van der Waals surface area contributed by atoms with Gasteiger partial charge in [0.1, 0.15) is 12.1 Å². The molecule has 3 heterocycles. The van der Waals surface area contributed by atoms with Gasteiger partial charge in [-0.1, -0.05) is 0 Å². The van der Waals surface area contributed by atoms with Crippen molar-refractivity contribution in [2.45, 2.75) is 19.0 Å². The monoisotopic (exact) mass is 456 g/mol.